The molecule has 0 heterocycles. The van der Waals surface area contributed by atoms with E-state index in [4.69, 9.17) is 4.74 Å². The Bertz CT molecular complexity index is 276. The van der Waals surface area contributed by atoms with E-state index in [-0.39, 0.29) is 5.78 Å². The monoisotopic (exact) mass is 208 g/mol. The SMILES string of the molecule is COCCCC(=O)C1=C[C@@H](C)[C@@H](C)C=C1. The van der Waals surface area contributed by atoms with E-state index in [1.165, 1.54) is 0 Å². The largest absolute Gasteiger partial charge is 0.385 e. The number of Topliss-reactive ketones (excluding diaryl/α,β-unsaturated/α-hetero) is 1. The first-order valence-corrected chi connectivity index (χ1v) is 5.57. The molecular formula is C13H20O2. The van der Waals surface area contributed by atoms with Gasteiger partial charge in [-0.05, 0) is 18.3 Å². The van der Waals surface area contributed by atoms with Crippen LogP contribution in [-0.2, 0) is 9.53 Å². The minimum Gasteiger partial charge on any atom is -0.385 e. The zero-order valence-electron chi connectivity index (χ0n) is 9.82. The molecule has 15 heavy (non-hydrogen) atoms. The van der Waals surface area contributed by atoms with Gasteiger partial charge in [0, 0.05) is 25.7 Å². The van der Waals surface area contributed by atoms with Gasteiger partial charge in [-0.3, -0.25) is 4.79 Å². The van der Waals surface area contributed by atoms with E-state index in [2.05, 4.69) is 26.0 Å². The summed E-state index contributed by atoms with van der Waals surface area (Å²) in [4.78, 5) is 11.8. The summed E-state index contributed by atoms with van der Waals surface area (Å²) in [7, 11) is 1.66. The van der Waals surface area contributed by atoms with Crippen LogP contribution in [0.3, 0.4) is 0 Å². The second kappa shape index (κ2) is 5.86. The Morgan fingerprint density at radius 2 is 2.13 bits per heavy atom. The van der Waals surface area contributed by atoms with Crippen LogP contribution < -0.4 is 0 Å². The number of carbonyl (C=O) groups is 1. The smallest absolute Gasteiger partial charge is 0.162 e. The van der Waals surface area contributed by atoms with Crippen molar-refractivity contribution in [2.24, 2.45) is 11.8 Å². The van der Waals surface area contributed by atoms with Gasteiger partial charge in [0.05, 0.1) is 0 Å². The molecule has 2 heteroatoms. The summed E-state index contributed by atoms with van der Waals surface area (Å²) in [5.41, 5.74) is 0.872. The number of methoxy groups -OCH3 is 1. The predicted molar refractivity (Wildman–Crippen MR) is 61.7 cm³/mol. The summed E-state index contributed by atoms with van der Waals surface area (Å²) in [6.45, 7) is 4.98. The molecule has 1 rings (SSSR count). The Balaban J connectivity index is 2.47. The molecule has 0 aliphatic heterocycles. The van der Waals surface area contributed by atoms with E-state index in [9.17, 15) is 4.79 Å². The van der Waals surface area contributed by atoms with E-state index >= 15 is 0 Å². The van der Waals surface area contributed by atoms with Crippen LogP contribution in [0.4, 0.5) is 0 Å². The normalized spacial score (nSPS) is 25.1. The third-order valence-corrected chi connectivity index (χ3v) is 2.93. The van der Waals surface area contributed by atoms with Crippen molar-refractivity contribution in [2.75, 3.05) is 13.7 Å². The summed E-state index contributed by atoms with van der Waals surface area (Å²) in [6, 6.07) is 0. The molecule has 0 unspecified atom stereocenters. The van der Waals surface area contributed by atoms with Gasteiger partial charge < -0.3 is 4.74 Å². The van der Waals surface area contributed by atoms with E-state index in [1.54, 1.807) is 7.11 Å². The molecule has 0 aromatic heterocycles. The van der Waals surface area contributed by atoms with Gasteiger partial charge >= 0.3 is 0 Å². The first-order valence-electron chi connectivity index (χ1n) is 5.57. The molecule has 2 nitrogen and oxygen atoms in total. The average Bonchev–Trinajstić information content (AvgIpc) is 2.22. The van der Waals surface area contributed by atoms with Crippen molar-refractivity contribution < 1.29 is 9.53 Å². The third kappa shape index (κ3) is 3.63. The van der Waals surface area contributed by atoms with Crippen LogP contribution in [0, 0.1) is 11.8 Å². The molecule has 0 saturated heterocycles. The van der Waals surface area contributed by atoms with Crippen LogP contribution in [0.2, 0.25) is 0 Å². The molecule has 0 radical (unpaired) electrons. The highest BCUT2D eigenvalue weighted by molar-refractivity contribution is 5.98. The van der Waals surface area contributed by atoms with Crippen LogP contribution in [-0.4, -0.2) is 19.5 Å². The topological polar surface area (TPSA) is 26.3 Å². The van der Waals surface area contributed by atoms with E-state index in [0.29, 0.717) is 24.9 Å². The lowest BCUT2D eigenvalue weighted by atomic mass is 9.87. The maximum Gasteiger partial charge on any atom is 0.162 e. The van der Waals surface area contributed by atoms with Crippen molar-refractivity contribution in [3.8, 4) is 0 Å². The lowest BCUT2D eigenvalue weighted by molar-refractivity contribution is -0.115. The lowest BCUT2D eigenvalue weighted by Gasteiger charge is -2.18. The van der Waals surface area contributed by atoms with Crippen molar-refractivity contribution in [1.29, 1.82) is 0 Å². The van der Waals surface area contributed by atoms with Gasteiger partial charge in [-0.15, -0.1) is 0 Å². The quantitative estimate of drug-likeness (QED) is 0.649. The van der Waals surface area contributed by atoms with Gasteiger partial charge in [-0.2, -0.15) is 0 Å². The molecule has 0 fully saturated rings. The predicted octanol–water partition coefficient (Wildman–Crippen LogP) is 2.75. The highest BCUT2D eigenvalue weighted by atomic mass is 16.5. The van der Waals surface area contributed by atoms with E-state index in [0.717, 1.165) is 12.0 Å². The van der Waals surface area contributed by atoms with Crippen LogP contribution in [0.1, 0.15) is 26.7 Å². The highest BCUT2D eigenvalue weighted by Gasteiger charge is 2.15. The minimum absolute atomic E-state index is 0.238. The maximum absolute atomic E-state index is 11.8. The Morgan fingerprint density at radius 3 is 2.73 bits per heavy atom. The number of rotatable bonds is 5. The lowest BCUT2D eigenvalue weighted by Crippen LogP contribution is -2.12. The molecule has 0 saturated carbocycles. The fraction of sp³-hybridized carbons (Fsp3) is 0.615. The van der Waals surface area contributed by atoms with Crippen LogP contribution in [0.15, 0.2) is 23.8 Å². The standard InChI is InChI=1S/C13H20O2/c1-10-6-7-12(9-11(10)2)13(14)5-4-8-15-3/h6-7,9-11H,4-5,8H2,1-3H3/t10-,11+/m0/s1. The molecular weight excluding hydrogens is 188 g/mol. The fourth-order valence-corrected chi connectivity index (χ4v) is 1.63. The van der Waals surface area contributed by atoms with Crippen LogP contribution >= 0.6 is 0 Å². The van der Waals surface area contributed by atoms with Crippen molar-refractivity contribution in [3.05, 3.63) is 23.8 Å². The average molecular weight is 208 g/mol. The first kappa shape index (κ1) is 12.2. The van der Waals surface area contributed by atoms with Gasteiger partial charge in [0.25, 0.3) is 0 Å². The van der Waals surface area contributed by atoms with E-state index < -0.39 is 0 Å². The van der Waals surface area contributed by atoms with Gasteiger partial charge in [-0.1, -0.05) is 32.1 Å². The van der Waals surface area contributed by atoms with Crippen molar-refractivity contribution in [3.63, 3.8) is 0 Å². The van der Waals surface area contributed by atoms with Gasteiger partial charge in [0.15, 0.2) is 5.78 Å². The molecule has 0 N–H and O–H groups in total. The fourth-order valence-electron chi connectivity index (χ4n) is 1.63. The molecule has 84 valence electrons. The van der Waals surface area contributed by atoms with E-state index in [1.807, 2.05) is 6.08 Å². The Labute approximate surface area is 92.0 Å². The van der Waals surface area contributed by atoms with Crippen LogP contribution in [0.5, 0.6) is 0 Å². The summed E-state index contributed by atoms with van der Waals surface area (Å²) < 4.78 is 4.93. The molecule has 0 aromatic rings. The van der Waals surface area contributed by atoms with Gasteiger partial charge in [0.1, 0.15) is 0 Å². The number of carbonyl (C=O) groups excluding carboxylic acids is 1. The number of hydrogen-bond donors (Lipinski definition) is 0. The molecule has 0 aromatic carbocycles. The summed E-state index contributed by atoms with van der Waals surface area (Å²) >= 11 is 0. The third-order valence-electron chi connectivity index (χ3n) is 2.93. The Kier molecular flexibility index (Phi) is 4.76. The zero-order valence-corrected chi connectivity index (χ0v) is 9.82. The van der Waals surface area contributed by atoms with Gasteiger partial charge in [0.2, 0.25) is 0 Å². The Morgan fingerprint density at radius 1 is 1.40 bits per heavy atom. The Hall–Kier alpha value is -0.890. The summed E-state index contributed by atoms with van der Waals surface area (Å²) in [5, 5.41) is 0. The second-order valence-corrected chi connectivity index (χ2v) is 4.22. The molecule has 2 atom stereocenters. The first-order chi connectivity index (χ1) is 7.15. The molecule has 1 aliphatic carbocycles. The summed E-state index contributed by atoms with van der Waals surface area (Å²) in [6.07, 6.45) is 7.56. The molecule has 0 bridgehead atoms. The molecule has 1 aliphatic rings. The number of ketones is 1. The zero-order chi connectivity index (χ0) is 11.3. The van der Waals surface area contributed by atoms with Crippen LogP contribution in [0.25, 0.3) is 0 Å². The number of hydrogen-bond acceptors (Lipinski definition) is 2. The summed E-state index contributed by atoms with van der Waals surface area (Å²) in [5.74, 6) is 1.25. The molecule has 0 amide bonds. The minimum atomic E-state index is 0.238. The maximum atomic E-state index is 11.8. The van der Waals surface area contributed by atoms with Crippen molar-refractivity contribution >= 4 is 5.78 Å². The number of allylic oxidation sites excluding steroid dienone is 4. The molecule has 0 spiro atoms. The highest BCUT2D eigenvalue weighted by Crippen LogP contribution is 2.23. The van der Waals surface area contributed by atoms with Crippen molar-refractivity contribution in [2.45, 2.75) is 26.7 Å². The van der Waals surface area contributed by atoms with Gasteiger partial charge in [-0.25, -0.2) is 0 Å². The number of ether oxygens (including phenoxy) is 1. The second-order valence-electron chi connectivity index (χ2n) is 4.22. The van der Waals surface area contributed by atoms with Crippen molar-refractivity contribution in [1.82, 2.24) is 0 Å².